The molecule has 2 aromatic carbocycles. The van der Waals surface area contributed by atoms with Gasteiger partial charge in [0.2, 0.25) is 0 Å². The van der Waals surface area contributed by atoms with Gasteiger partial charge in [0.25, 0.3) is 5.91 Å². The molecule has 2 N–H and O–H groups in total. The van der Waals surface area contributed by atoms with Gasteiger partial charge in [0.15, 0.2) is 11.5 Å². The number of aromatic hydroxyl groups is 1. The Morgan fingerprint density at radius 3 is 2.62 bits per heavy atom. The Hall–Kier alpha value is -2.79. The predicted molar refractivity (Wildman–Crippen MR) is 95.6 cm³/mol. The van der Waals surface area contributed by atoms with Crippen LogP contribution in [0.25, 0.3) is 10.4 Å². The first-order valence-corrected chi connectivity index (χ1v) is 8.33. The molecule has 3 rings (SSSR count). The highest BCUT2D eigenvalue weighted by Gasteiger charge is 2.08. The van der Waals surface area contributed by atoms with E-state index < -0.39 is 0 Å². The summed E-state index contributed by atoms with van der Waals surface area (Å²) in [6.07, 6.45) is 0. The minimum absolute atomic E-state index is 0.0803. The van der Waals surface area contributed by atoms with Gasteiger partial charge >= 0.3 is 0 Å². The Balaban J connectivity index is 1.65. The van der Waals surface area contributed by atoms with Crippen LogP contribution in [0.2, 0.25) is 0 Å². The van der Waals surface area contributed by atoms with E-state index in [4.69, 9.17) is 4.74 Å². The number of phenolic OH excluding ortho intramolecular Hbond substituents is 1. The maximum atomic E-state index is 12.2. The fraction of sp³-hybridized carbons (Fsp3) is 0.105. The first-order chi connectivity index (χ1) is 11.7. The molecule has 5 heteroatoms. The number of thiophene rings is 1. The van der Waals surface area contributed by atoms with E-state index in [1.807, 2.05) is 35.7 Å². The Morgan fingerprint density at radius 1 is 1.17 bits per heavy atom. The highest BCUT2D eigenvalue weighted by molar-refractivity contribution is 7.13. The Bertz CT molecular complexity index is 826. The van der Waals surface area contributed by atoms with Gasteiger partial charge in [-0.25, -0.2) is 0 Å². The van der Waals surface area contributed by atoms with Gasteiger partial charge in [-0.1, -0.05) is 24.3 Å². The second-order valence-electron chi connectivity index (χ2n) is 5.24. The van der Waals surface area contributed by atoms with Crippen molar-refractivity contribution in [3.63, 3.8) is 0 Å². The van der Waals surface area contributed by atoms with Crippen LogP contribution < -0.4 is 10.1 Å². The molecule has 3 aromatic rings. The molecule has 0 unspecified atom stereocenters. The van der Waals surface area contributed by atoms with Crippen molar-refractivity contribution in [1.29, 1.82) is 0 Å². The smallest absolute Gasteiger partial charge is 0.251 e. The molecule has 0 radical (unpaired) electrons. The molecule has 1 heterocycles. The number of nitrogens with one attached hydrogen (secondary N) is 1. The lowest BCUT2D eigenvalue weighted by atomic mass is 10.1. The number of hydrogen-bond acceptors (Lipinski definition) is 4. The Morgan fingerprint density at radius 2 is 1.96 bits per heavy atom. The van der Waals surface area contributed by atoms with Gasteiger partial charge in [-0.2, -0.15) is 0 Å². The molecule has 122 valence electrons. The SMILES string of the molecule is COc1cc(CNC(=O)c2ccc(-c3cccs3)cc2)ccc1O. The summed E-state index contributed by atoms with van der Waals surface area (Å²) in [5.41, 5.74) is 2.57. The summed E-state index contributed by atoms with van der Waals surface area (Å²) >= 11 is 1.67. The predicted octanol–water partition coefficient (Wildman–Crippen LogP) is 4.06. The molecule has 0 saturated heterocycles. The van der Waals surface area contributed by atoms with Crippen LogP contribution in [0.1, 0.15) is 15.9 Å². The minimum Gasteiger partial charge on any atom is -0.504 e. The van der Waals surface area contributed by atoms with Gasteiger partial charge in [0.05, 0.1) is 7.11 Å². The standard InChI is InChI=1S/C19H17NO3S/c1-23-17-11-13(4-9-16(17)21)12-20-19(22)15-7-5-14(6-8-15)18-3-2-10-24-18/h2-11,21H,12H2,1H3,(H,20,22). The molecular formula is C19H17NO3S. The van der Waals surface area contributed by atoms with E-state index in [1.165, 1.54) is 12.0 Å². The molecule has 0 aliphatic heterocycles. The topological polar surface area (TPSA) is 58.6 Å². The number of benzene rings is 2. The maximum absolute atomic E-state index is 12.2. The number of methoxy groups -OCH3 is 1. The van der Waals surface area contributed by atoms with E-state index in [2.05, 4.69) is 11.4 Å². The van der Waals surface area contributed by atoms with Crippen molar-refractivity contribution in [2.45, 2.75) is 6.54 Å². The number of hydrogen-bond donors (Lipinski definition) is 2. The molecule has 0 bridgehead atoms. The largest absolute Gasteiger partial charge is 0.504 e. The number of ether oxygens (including phenoxy) is 1. The third kappa shape index (κ3) is 3.58. The second-order valence-corrected chi connectivity index (χ2v) is 6.19. The summed E-state index contributed by atoms with van der Waals surface area (Å²) in [4.78, 5) is 13.4. The third-order valence-electron chi connectivity index (χ3n) is 3.65. The number of phenols is 1. The summed E-state index contributed by atoms with van der Waals surface area (Å²) in [5.74, 6) is 0.332. The average molecular weight is 339 g/mol. The quantitative estimate of drug-likeness (QED) is 0.737. The van der Waals surface area contributed by atoms with E-state index >= 15 is 0 Å². The first-order valence-electron chi connectivity index (χ1n) is 7.45. The van der Waals surface area contributed by atoms with E-state index in [9.17, 15) is 9.90 Å². The number of carbonyl (C=O) groups is 1. The molecule has 0 atom stereocenters. The van der Waals surface area contributed by atoms with Gasteiger partial charge in [0.1, 0.15) is 0 Å². The van der Waals surface area contributed by atoms with Crippen molar-refractivity contribution in [1.82, 2.24) is 5.32 Å². The summed E-state index contributed by atoms with van der Waals surface area (Å²) in [5, 5.41) is 14.5. The summed E-state index contributed by atoms with van der Waals surface area (Å²) in [6, 6.07) is 16.6. The minimum atomic E-state index is -0.139. The average Bonchev–Trinajstić information content (AvgIpc) is 3.15. The van der Waals surface area contributed by atoms with Crippen molar-refractivity contribution in [2.75, 3.05) is 7.11 Å². The highest BCUT2D eigenvalue weighted by atomic mass is 32.1. The third-order valence-corrected chi connectivity index (χ3v) is 4.57. The van der Waals surface area contributed by atoms with Crippen molar-refractivity contribution >= 4 is 17.2 Å². The van der Waals surface area contributed by atoms with Crippen LogP contribution in [0.4, 0.5) is 0 Å². The lowest BCUT2D eigenvalue weighted by molar-refractivity contribution is 0.0951. The molecule has 0 spiro atoms. The zero-order valence-electron chi connectivity index (χ0n) is 13.2. The zero-order chi connectivity index (χ0) is 16.9. The van der Waals surface area contributed by atoms with E-state index in [-0.39, 0.29) is 11.7 Å². The van der Waals surface area contributed by atoms with Gasteiger partial charge < -0.3 is 15.2 Å². The molecule has 4 nitrogen and oxygen atoms in total. The van der Waals surface area contributed by atoms with Crippen LogP contribution in [-0.4, -0.2) is 18.1 Å². The van der Waals surface area contributed by atoms with E-state index in [0.29, 0.717) is 17.9 Å². The molecule has 1 amide bonds. The summed E-state index contributed by atoms with van der Waals surface area (Å²) in [6.45, 7) is 0.363. The Labute approximate surface area is 144 Å². The molecule has 1 aromatic heterocycles. The zero-order valence-corrected chi connectivity index (χ0v) is 14.0. The highest BCUT2D eigenvalue weighted by Crippen LogP contribution is 2.26. The fourth-order valence-corrected chi connectivity index (χ4v) is 3.08. The lowest BCUT2D eigenvalue weighted by Gasteiger charge is -2.08. The summed E-state index contributed by atoms with van der Waals surface area (Å²) < 4.78 is 5.06. The van der Waals surface area contributed by atoms with Crippen molar-refractivity contribution in [3.05, 3.63) is 71.1 Å². The van der Waals surface area contributed by atoms with Crippen LogP contribution in [0, 0.1) is 0 Å². The molecule has 0 saturated carbocycles. The van der Waals surface area contributed by atoms with Gasteiger partial charge in [0, 0.05) is 17.0 Å². The van der Waals surface area contributed by atoms with Crippen LogP contribution in [-0.2, 0) is 6.54 Å². The fourth-order valence-electron chi connectivity index (χ4n) is 2.35. The lowest BCUT2D eigenvalue weighted by Crippen LogP contribution is -2.22. The number of carbonyl (C=O) groups excluding carboxylic acids is 1. The van der Waals surface area contributed by atoms with Gasteiger partial charge in [-0.05, 0) is 46.8 Å². The van der Waals surface area contributed by atoms with Crippen molar-refractivity contribution in [2.24, 2.45) is 0 Å². The van der Waals surface area contributed by atoms with Crippen LogP contribution in [0.15, 0.2) is 60.0 Å². The molecule has 0 aliphatic rings. The van der Waals surface area contributed by atoms with Gasteiger partial charge in [-0.15, -0.1) is 11.3 Å². The van der Waals surface area contributed by atoms with Crippen molar-refractivity contribution in [3.8, 4) is 21.9 Å². The van der Waals surface area contributed by atoms with Gasteiger partial charge in [-0.3, -0.25) is 4.79 Å². The normalized spacial score (nSPS) is 10.4. The van der Waals surface area contributed by atoms with E-state index in [0.717, 1.165) is 11.1 Å². The first kappa shape index (κ1) is 16.1. The van der Waals surface area contributed by atoms with Crippen molar-refractivity contribution < 1.29 is 14.6 Å². The van der Waals surface area contributed by atoms with Crippen LogP contribution in [0.5, 0.6) is 11.5 Å². The van der Waals surface area contributed by atoms with Crippen LogP contribution in [0.3, 0.4) is 0 Å². The molecule has 0 aliphatic carbocycles. The molecule has 0 fully saturated rings. The molecule has 24 heavy (non-hydrogen) atoms. The number of rotatable bonds is 5. The summed E-state index contributed by atoms with van der Waals surface area (Å²) in [7, 11) is 1.49. The Kier molecular flexibility index (Phi) is 4.82. The number of amides is 1. The maximum Gasteiger partial charge on any atom is 0.251 e. The van der Waals surface area contributed by atoms with Crippen LogP contribution >= 0.6 is 11.3 Å². The monoisotopic (exact) mass is 339 g/mol. The van der Waals surface area contributed by atoms with E-state index in [1.54, 1.807) is 29.5 Å². The molecular weight excluding hydrogens is 322 g/mol. The second kappa shape index (κ2) is 7.19.